The molecule has 0 spiro atoms. The fraction of sp³-hybridized carbons (Fsp3) is 0.478. The maximum atomic E-state index is 12.7. The highest BCUT2D eigenvalue weighted by atomic mass is 16.5. The van der Waals surface area contributed by atoms with Gasteiger partial charge in [-0.1, -0.05) is 13.8 Å². The van der Waals surface area contributed by atoms with Gasteiger partial charge in [-0.2, -0.15) is 0 Å². The standard InChI is InChI=1S/C23H33N3O3/c1-3-24-11-5-13-28-19-7-9-21-18(15-19)17-26(27)23-16-20(8-10-22(21)23)29-14-6-12-25-4-2/h7-10,15-16,24-26H,3-6,11-14,17H2,1-2H3. The van der Waals surface area contributed by atoms with E-state index in [2.05, 4.69) is 30.5 Å². The molecule has 3 rings (SSSR count). The van der Waals surface area contributed by atoms with Crippen LogP contribution < -0.4 is 25.2 Å². The molecule has 2 aromatic carbocycles. The maximum Gasteiger partial charge on any atom is 0.143 e. The van der Waals surface area contributed by atoms with E-state index in [1.807, 2.05) is 30.3 Å². The Labute approximate surface area is 173 Å². The van der Waals surface area contributed by atoms with E-state index in [-0.39, 0.29) is 5.06 Å². The minimum Gasteiger partial charge on any atom is -0.629 e. The molecule has 1 unspecified atom stereocenters. The molecule has 0 radical (unpaired) electrons. The largest absolute Gasteiger partial charge is 0.629 e. The summed E-state index contributed by atoms with van der Waals surface area (Å²) in [4.78, 5) is 0. The second-order valence-electron chi connectivity index (χ2n) is 7.24. The Morgan fingerprint density at radius 3 is 2.07 bits per heavy atom. The van der Waals surface area contributed by atoms with Gasteiger partial charge in [0.05, 0.1) is 13.2 Å². The molecule has 0 fully saturated rings. The van der Waals surface area contributed by atoms with Gasteiger partial charge in [0.1, 0.15) is 23.7 Å². The van der Waals surface area contributed by atoms with Crippen LogP contribution in [0.2, 0.25) is 0 Å². The number of benzene rings is 2. The number of ether oxygens (including phenoxy) is 2. The maximum absolute atomic E-state index is 12.7. The molecule has 1 atom stereocenters. The van der Waals surface area contributed by atoms with E-state index in [0.717, 1.165) is 72.9 Å². The van der Waals surface area contributed by atoms with Crippen LogP contribution in [0.15, 0.2) is 36.4 Å². The van der Waals surface area contributed by atoms with Gasteiger partial charge in [0.2, 0.25) is 0 Å². The minimum absolute atomic E-state index is 0.134. The lowest BCUT2D eigenvalue weighted by atomic mass is 9.94. The molecule has 158 valence electrons. The van der Waals surface area contributed by atoms with Crippen LogP contribution in [0, 0.1) is 5.21 Å². The van der Waals surface area contributed by atoms with E-state index in [9.17, 15) is 5.21 Å². The van der Waals surface area contributed by atoms with Crippen molar-refractivity contribution < 1.29 is 14.5 Å². The fourth-order valence-electron chi connectivity index (χ4n) is 3.54. The average Bonchev–Trinajstić information content (AvgIpc) is 2.73. The van der Waals surface area contributed by atoms with Crippen molar-refractivity contribution in [1.29, 1.82) is 0 Å². The number of quaternary nitrogens is 1. The van der Waals surface area contributed by atoms with E-state index in [1.165, 1.54) is 0 Å². The zero-order valence-electron chi connectivity index (χ0n) is 17.6. The van der Waals surface area contributed by atoms with E-state index in [0.29, 0.717) is 19.8 Å². The van der Waals surface area contributed by atoms with Gasteiger partial charge in [0.25, 0.3) is 0 Å². The monoisotopic (exact) mass is 399 g/mol. The third kappa shape index (κ3) is 5.93. The van der Waals surface area contributed by atoms with Crippen LogP contribution in [0.1, 0.15) is 32.3 Å². The first-order chi connectivity index (χ1) is 14.2. The lowest BCUT2D eigenvalue weighted by Gasteiger charge is -2.30. The average molecular weight is 400 g/mol. The molecule has 0 aromatic heterocycles. The zero-order chi connectivity index (χ0) is 20.5. The lowest BCUT2D eigenvalue weighted by Crippen LogP contribution is -3.01. The number of hydrogen-bond donors (Lipinski definition) is 3. The van der Waals surface area contributed by atoms with Crippen LogP contribution in [0.3, 0.4) is 0 Å². The predicted molar refractivity (Wildman–Crippen MR) is 117 cm³/mol. The van der Waals surface area contributed by atoms with E-state index < -0.39 is 0 Å². The van der Waals surface area contributed by atoms with Gasteiger partial charge in [-0.25, -0.2) is 0 Å². The predicted octanol–water partition coefficient (Wildman–Crippen LogP) is 2.64. The molecule has 1 aliphatic rings. The van der Waals surface area contributed by atoms with Crippen LogP contribution in [0.25, 0.3) is 11.1 Å². The summed E-state index contributed by atoms with van der Waals surface area (Å²) in [6.45, 7) is 9.74. The molecule has 6 nitrogen and oxygen atoms in total. The highest BCUT2D eigenvalue weighted by Crippen LogP contribution is 2.36. The molecule has 0 saturated carbocycles. The Morgan fingerprint density at radius 2 is 1.45 bits per heavy atom. The number of fused-ring (bicyclic) bond motifs is 3. The van der Waals surface area contributed by atoms with Crippen LogP contribution in [-0.4, -0.2) is 39.4 Å². The van der Waals surface area contributed by atoms with Gasteiger partial charge in [-0.3, -0.25) is 0 Å². The second-order valence-corrected chi connectivity index (χ2v) is 7.24. The quantitative estimate of drug-likeness (QED) is 0.378. The van der Waals surface area contributed by atoms with Crippen LogP contribution in [-0.2, 0) is 6.54 Å². The Hall–Kier alpha value is -2.12. The summed E-state index contributed by atoms with van der Waals surface area (Å²) in [6, 6.07) is 11.9. The summed E-state index contributed by atoms with van der Waals surface area (Å²) >= 11 is 0. The molecule has 1 aliphatic heterocycles. The zero-order valence-corrected chi connectivity index (χ0v) is 17.6. The van der Waals surface area contributed by atoms with E-state index >= 15 is 0 Å². The normalized spacial score (nSPS) is 14.9. The summed E-state index contributed by atoms with van der Waals surface area (Å²) in [5.74, 6) is 1.59. The van der Waals surface area contributed by atoms with Crippen molar-refractivity contribution in [2.45, 2.75) is 33.2 Å². The van der Waals surface area contributed by atoms with Crippen molar-refractivity contribution in [3.63, 3.8) is 0 Å². The molecular weight excluding hydrogens is 366 g/mol. The number of hydrogen-bond acceptors (Lipinski definition) is 5. The van der Waals surface area contributed by atoms with Crippen LogP contribution in [0.4, 0.5) is 5.69 Å². The molecule has 0 aliphatic carbocycles. The second kappa shape index (κ2) is 11.2. The topological polar surface area (TPSA) is 70.0 Å². The molecule has 0 saturated heterocycles. The summed E-state index contributed by atoms with van der Waals surface area (Å²) in [5, 5.41) is 19.4. The Kier molecular flexibility index (Phi) is 8.31. The Balaban J connectivity index is 1.64. The molecule has 0 amide bonds. The van der Waals surface area contributed by atoms with E-state index in [4.69, 9.17) is 9.47 Å². The summed E-state index contributed by atoms with van der Waals surface area (Å²) in [6.07, 6.45) is 1.91. The van der Waals surface area contributed by atoms with E-state index in [1.54, 1.807) is 0 Å². The number of nitrogens with one attached hydrogen (secondary N) is 3. The molecule has 0 bridgehead atoms. The first-order valence-corrected chi connectivity index (χ1v) is 10.7. The third-order valence-electron chi connectivity index (χ3n) is 5.04. The van der Waals surface area contributed by atoms with Crippen molar-refractivity contribution in [3.8, 4) is 22.6 Å². The van der Waals surface area contributed by atoms with Crippen molar-refractivity contribution >= 4 is 5.69 Å². The third-order valence-corrected chi connectivity index (χ3v) is 5.04. The van der Waals surface area contributed by atoms with Crippen molar-refractivity contribution in [2.75, 3.05) is 39.4 Å². The van der Waals surface area contributed by atoms with Crippen LogP contribution >= 0.6 is 0 Å². The molecule has 1 heterocycles. The van der Waals surface area contributed by atoms with Gasteiger partial charge in [-0.05, 0) is 74.9 Å². The van der Waals surface area contributed by atoms with Crippen molar-refractivity contribution in [3.05, 3.63) is 47.2 Å². The minimum atomic E-state index is 0.134. The number of hydroxylamine groups is 1. The molecule has 29 heavy (non-hydrogen) atoms. The summed E-state index contributed by atoms with van der Waals surface area (Å²) in [7, 11) is 0. The lowest BCUT2D eigenvalue weighted by molar-refractivity contribution is -0.792. The fourth-order valence-corrected chi connectivity index (χ4v) is 3.54. The molecule has 3 N–H and O–H groups in total. The smallest absolute Gasteiger partial charge is 0.143 e. The van der Waals surface area contributed by atoms with Crippen LogP contribution in [0.5, 0.6) is 11.5 Å². The number of rotatable bonds is 12. The first-order valence-electron chi connectivity index (χ1n) is 10.7. The van der Waals surface area contributed by atoms with Gasteiger partial charge in [0, 0.05) is 17.2 Å². The Morgan fingerprint density at radius 1 is 0.862 bits per heavy atom. The molecule has 6 heteroatoms. The van der Waals surface area contributed by atoms with Crippen molar-refractivity contribution in [1.82, 2.24) is 10.6 Å². The molecular formula is C23H33N3O3. The highest BCUT2D eigenvalue weighted by molar-refractivity contribution is 5.78. The summed E-state index contributed by atoms with van der Waals surface area (Å²) < 4.78 is 11.7. The highest BCUT2D eigenvalue weighted by Gasteiger charge is 2.23. The SMILES string of the molecule is CCNCCCOc1ccc2c(c1)C[NH+]([O-])c1cc(OCCCNCC)ccc1-2. The van der Waals surface area contributed by atoms with Crippen molar-refractivity contribution in [2.24, 2.45) is 0 Å². The van der Waals surface area contributed by atoms with Gasteiger partial charge < -0.3 is 30.4 Å². The van der Waals surface area contributed by atoms with Gasteiger partial charge in [0.15, 0.2) is 0 Å². The molecule has 2 aromatic rings. The first kappa shape index (κ1) is 21.6. The summed E-state index contributed by atoms with van der Waals surface area (Å²) in [5.41, 5.74) is 3.88. The van der Waals surface area contributed by atoms with Gasteiger partial charge >= 0.3 is 0 Å². The Bertz CT molecular complexity index is 782. The van der Waals surface area contributed by atoms with Gasteiger partial charge in [-0.15, -0.1) is 0 Å².